The first-order valence-corrected chi connectivity index (χ1v) is 8.52. The lowest BCUT2D eigenvalue weighted by atomic mass is 10.3. The van der Waals surface area contributed by atoms with E-state index in [2.05, 4.69) is 15.8 Å². The monoisotopic (exact) mass is 355 g/mol. The molecule has 3 aromatic rings. The van der Waals surface area contributed by atoms with E-state index in [-0.39, 0.29) is 24.6 Å². The number of aryl methyl sites for hydroxylation is 2. The summed E-state index contributed by atoms with van der Waals surface area (Å²) in [5.74, 6) is -0.802. The van der Waals surface area contributed by atoms with Crippen molar-refractivity contribution in [2.75, 3.05) is 0 Å². The highest BCUT2D eigenvalue weighted by Crippen LogP contribution is 2.13. The molecule has 0 atom stereocenters. The fourth-order valence-electron chi connectivity index (χ4n) is 2.87. The minimum absolute atomic E-state index is 0.0744. The largest absolute Gasteiger partial charge is 0.357 e. The van der Waals surface area contributed by atoms with Gasteiger partial charge in [0.1, 0.15) is 5.69 Å². The van der Waals surface area contributed by atoms with E-state index in [1.807, 2.05) is 31.2 Å². The average Bonchev–Trinajstić information content (AvgIpc) is 3.27. The Balaban J connectivity index is 1.66. The van der Waals surface area contributed by atoms with Gasteiger partial charge in [0, 0.05) is 25.7 Å². The predicted molar refractivity (Wildman–Crippen MR) is 97.5 cm³/mol. The van der Waals surface area contributed by atoms with Gasteiger partial charge in [-0.3, -0.25) is 29.6 Å². The molecule has 3 rings (SSSR count). The van der Waals surface area contributed by atoms with E-state index in [1.165, 1.54) is 0 Å². The number of H-pyrrole nitrogens is 1. The van der Waals surface area contributed by atoms with Crippen LogP contribution in [0.1, 0.15) is 30.3 Å². The number of rotatable bonds is 6. The number of amides is 2. The van der Waals surface area contributed by atoms with E-state index in [1.54, 1.807) is 27.5 Å². The number of hydrazine groups is 1. The van der Waals surface area contributed by atoms with Gasteiger partial charge >= 0.3 is 5.69 Å². The Bertz CT molecular complexity index is 969. The first-order chi connectivity index (χ1) is 12.6. The van der Waals surface area contributed by atoms with Gasteiger partial charge in [0.15, 0.2) is 0 Å². The molecule has 0 aliphatic carbocycles. The van der Waals surface area contributed by atoms with Gasteiger partial charge in [-0.25, -0.2) is 4.79 Å². The number of imidazole rings is 1. The molecule has 3 N–H and O–H groups in total. The summed E-state index contributed by atoms with van der Waals surface area (Å²) in [6, 6.07) is 10.8. The van der Waals surface area contributed by atoms with E-state index in [4.69, 9.17) is 0 Å². The number of nitrogens with zero attached hydrogens (tertiary/aromatic N) is 2. The number of hydrogen-bond acceptors (Lipinski definition) is 3. The van der Waals surface area contributed by atoms with Gasteiger partial charge in [-0.1, -0.05) is 19.1 Å². The number of hydrogen-bond donors (Lipinski definition) is 3. The lowest BCUT2D eigenvalue weighted by Crippen LogP contribution is -2.42. The van der Waals surface area contributed by atoms with Crippen LogP contribution in [0.5, 0.6) is 0 Å². The van der Waals surface area contributed by atoms with Crippen molar-refractivity contribution >= 4 is 22.8 Å². The zero-order chi connectivity index (χ0) is 18.5. The molecule has 26 heavy (non-hydrogen) atoms. The Morgan fingerprint density at radius 3 is 2.31 bits per heavy atom. The number of fused-ring (bicyclic) bond motifs is 1. The maximum atomic E-state index is 12.6. The third kappa shape index (κ3) is 3.53. The maximum absolute atomic E-state index is 12.6. The molecule has 2 aromatic heterocycles. The van der Waals surface area contributed by atoms with Crippen LogP contribution in [0.2, 0.25) is 0 Å². The number of carbonyl (C=O) groups is 2. The molecule has 2 amide bonds. The van der Waals surface area contributed by atoms with Crippen LogP contribution < -0.4 is 16.5 Å². The lowest BCUT2D eigenvalue weighted by Gasteiger charge is -2.07. The Hall–Kier alpha value is -3.29. The summed E-state index contributed by atoms with van der Waals surface area (Å²) in [6.45, 7) is 2.88. The highest BCUT2D eigenvalue weighted by Gasteiger charge is 2.14. The maximum Gasteiger partial charge on any atom is 0.329 e. The van der Waals surface area contributed by atoms with Crippen LogP contribution in [-0.2, 0) is 17.9 Å². The molecule has 0 bridgehead atoms. The third-order valence-electron chi connectivity index (χ3n) is 4.09. The van der Waals surface area contributed by atoms with Crippen molar-refractivity contribution < 1.29 is 9.59 Å². The van der Waals surface area contributed by atoms with Crippen LogP contribution in [0.25, 0.3) is 11.0 Å². The third-order valence-corrected chi connectivity index (χ3v) is 4.09. The molecule has 0 radical (unpaired) electrons. The van der Waals surface area contributed by atoms with Gasteiger partial charge in [-0.05, 0) is 30.7 Å². The number of aromatic amines is 1. The Morgan fingerprint density at radius 2 is 1.69 bits per heavy atom. The molecular formula is C18H21N5O3. The summed E-state index contributed by atoms with van der Waals surface area (Å²) in [5.41, 5.74) is 6.58. The smallest absolute Gasteiger partial charge is 0.329 e. The Labute approximate surface area is 149 Å². The number of para-hydroxylation sites is 2. The quantitative estimate of drug-likeness (QED) is 0.583. The number of nitrogens with one attached hydrogen (secondary N) is 3. The van der Waals surface area contributed by atoms with Crippen LogP contribution in [0, 0.1) is 0 Å². The molecule has 0 aliphatic heterocycles. The molecule has 0 saturated heterocycles. The van der Waals surface area contributed by atoms with Crippen molar-refractivity contribution in [2.45, 2.75) is 32.9 Å². The predicted octanol–water partition coefficient (Wildman–Crippen LogP) is 1.39. The summed E-state index contributed by atoms with van der Waals surface area (Å²) < 4.78 is 3.32. The van der Waals surface area contributed by atoms with Gasteiger partial charge in [0.25, 0.3) is 5.91 Å². The number of carbonyl (C=O) groups excluding carboxylic acids is 2. The Morgan fingerprint density at radius 1 is 1.00 bits per heavy atom. The molecule has 0 spiro atoms. The first-order valence-electron chi connectivity index (χ1n) is 8.52. The topological polar surface area (TPSA) is 101 Å². The summed E-state index contributed by atoms with van der Waals surface area (Å²) in [4.78, 5) is 39.2. The van der Waals surface area contributed by atoms with E-state index in [0.717, 1.165) is 17.5 Å². The van der Waals surface area contributed by atoms with Crippen molar-refractivity contribution in [1.82, 2.24) is 25.0 Å². The molecule has 1 aromatic carbocycles. The highest BCUT2D eigenvalue weighted by molar-refractivity contribution is 5.93. The SMILES string of the molecule is CCCn1c(=O)n(CCC(=O)NNC(=O)c2ccc[nH]2)c2ccccc21. The molecule has 0 saturated carbocycles. The van der Waals surface area contributed by atoms with Crippen molar-refractivity contribution in [3.8, 4) is 0 Å². The molecule has 8 nitrogen and oxygen atoms in total. The molecule has 0 unspecified atom stereocenters. The first kappa shape index (κ1) is 17.5. The van der Waals surface area contributed by atoms with Crippen molar-refractivity contribution in [3.05, 3.63) is 58.8 Å². The molecule has 0 fully saturated rings. The zero-order valence-electron chi connectivity index (χ0n) is 14.5. The van der Waals surface area contributed by atoms with Crippen LogP contribution in [-0.4, -0.2) is 25.9 Å². The van der Waals surface area contributed by atoms with E-state index >= 15 is 0 Å². The summed E-state index contributed by atoms with van der Waals surface area (Å²) in [6.07, 6.45) is 2.54. The number of aromatic nitrogens is 3. The average molecular weight is 355 g/mol. The molecular weight excluding hydrogens is 334 g/mol. The summed E-state index contributed by atoms with van der Waals surface area (Å²) in [7, 11) is 0. The minimum Gasteiger partial charge on any atom is -0.357 e. The van der Waals surface area contributed by atoms with Crippen LogP contribution in [0.3, 0.4) is 0 Å². The van der Waals surface area contributed by atoms with Crippen molar-refractivity contribution in [1.29, 1.82) is 0 Å². The van der Waals surface area contributed by atoms with E-state index in [9.17, 15) is 14.4 Å². The van der Waals surface area contributed by atoms with E-state index in [0.29, 0.717) is 12.2 Å². The lowest BCUT2D eigenvalue weighted by molar-refractivity contribution is -0.122. The van der Waals surface area contributed by atoms with Gasteiger partial charge in [-0.2, -0.15) is 0 Å². The van der Waals surface area contributed by atoms with E-state index < -0.39 is 5.91 Å². The van der Waals surface area contributed by atoms with Crippen molar-refractivity contribution in [3.63, 3.8) is 0 Å². The zero-order valence-corrected chi connectivity index (χ0v) is 14.5. The fraction of sp³-hybridized carbons (Fsp3) is 0.278. The molecule has 8 heteroatoms. The summed E-state index contributed by atoms with van der Waals surface area (Å²) in [5, 5.41) is 0. The second kappa shape index (κ2) is 7.73. The van der Waals surface area contributed by atoms with Gasteiger partial charge < -0.3 is 4.98 Å². The fourth-order valence-corrected chi connectivity index (χ4v) is 2.87. The van der Waals surface area contributed by atoms with Crippen LogP contribution in [0.15, 0.2) is 47.4 Å². The second-order valence-corrected chi connectivity index (χ2v) is 5.91. The van der Waals surface area contributed by atoms with Gasteiger partial charge in [0.2, 0.25) is 5.91 Å². The molecule has 136 valence electrons. The standard InChI is InChI=1S/C18H21N5O3/c1-2-11-22-14-7-3-4-8-15(14)23(18(22)26)12-9-16(24)20-21-17(25)13-6-5-10-19-13/h3-8,10,19H,2,9,11-12H2,1H3,(H,20,24)(H,21,25). The second-order valence-electron chi connectivity index (χ2n) is 5.91. The molecule has 2 heterocycles. The number of benzene rings is 1. The van der Waals surface area contributed by atoms with Crippen molar-refractivity contribution in [2.24, 2.45) is 0 Å². The Kier molecular flexibility index (Phi) is 5.21. The highest BCUT2D eigenvalue weighted by atomic mass is 16.2. The minimum atomic E-state index is -0.430. The van der Waals surface area contributed by atoms with Crippen LogP contribution in [0.4, 0.5) is 0 Å². The van der Waals surface area contributed by atoms with Gasteiger partial charge in [0.05, 0.1) is 11.0 Å². The normalized spacial score (nSPS) is 10.8. The molecule has 0 aliphatic rings. The summed E-state index contributed by atoms with van der Waals surface area (Å²) >= 11 is 0. The van der Waals surface area contributed by atoms with Gasteiger partial charge in [-0.15, -0.1) is 0 Å². The van der Waals surface area contributed by atoms with Crippen LogP contribution >= 0.6 is 0 Å².